The van der Waals surface area contributed by atoms with E-state index in [0.717, 1.165) is 31.6 Å². The van der Waals surface area contributed by atoms with Crippen molar-refractivity contribution in [2.24, 2.45) is 0 Å². The van der Waals surface area contributed by atoms with Crippen molar-refractivity contribution in [3.63, 3.8) is 0 Å². The lowest BCUT2D eigenvalue weighted by atomic mass is 10.00. The maximum atomic E-state index is 12.8. The summed E-state index contributed by atoms with van der Waals surface area (Å²) in [4.78, 5) is 15.2. The Kier molecular flexibility index (Phi) is 5.14. The number of amides is 1. The van der Waals surface area contributed by atoms with E-state index in [1.807, 2.05) is 36.4 Å². The summed E-state index contributed by atoms with van der Waals surface area (Å²) in [5.41, 5.74) is 2.84. The molecule has 2 aliphatic rings. The fourth-order valence-electron chi connectivity index (χ4n) is 3.79. The van der Waals surface area contributed by atoms with Gasteiger partial charge in [-0.05, 0) is 49.7 Å². The second-order valence-corrected chi connectivity index (χ2v) is 7.41. The molecule has 0 radical (unpaired) electrons. The number of rotatable bonds is 4. The fraction of sp³-hybridized carbons (Fsp3) is 0.381. The Morgan fingerprint density at radius 1 is 1.19 bits per heavy atom. The summed E-state index contributed by atoms with van der Waals surface area (Å²) in [6, 6.07) is 13.5. The van der Waals surface area contributed by atoms with E-state index < -0.39 is 0 Å². The zero-order chi connectivity index (χ0) is 17.9. The number of likely N-dealkylation sites (tertiary alicyclic amines) is 1. The highest BCUT2D eigenvalue weighted by molar-refractivity contribution is 6.32. The van der Waals surface area contributed by atoms with Gasteiger partial charge in [0.05, 0.1) is 17.7 Å². The molecule has 2 aromatic carbocycles. The average Bonchev–Trinajstić information content (AvgIpc) is 3.16. The van der Waals surface area contributed by atoms with Crippen molar-refractivity contribution in [2.75, 3.05) is 19.7 Å². The van der Waals surface area contributed by atoms with Gasteiger partial charge in [0.1, 0.15) is 5.75 Å². The standard InChI is InChI=1S/C21H23ClN2O2/c22-18-8-4-7-17-19(9-12-26-20(17)18)23-21(25)16-6-3-5-15(13-16)14-24-10-1-2-11-24/h3-8,13,19H,1-2,9-12,14H2,(H,23,25). The molecular weight excluding hydrogens is 348 g/mol. The number of benzene rings is 2. The molecule has 2 aliphatic heterocycles. The van der Waals surface area contributed by atoms with Crippen molar-refractivity contribution in [1.82, 2.24) is 10.2 Å². The lowest BCUT2D eigenvalue weighted by Crippen LogP contribution is -2.32. The average molecular weight is 371 g/mol. The number of fused-ring (bicyclic) bond motifs is 1. The van der Waals surface area contributed by atoms with Crippen LogP contribution in [0.4, 0.5) is 0 Å². The Balaban J connectivity index is 1.48. The minimum Gasteiger partial charge on any atom is -0.492 e. The predicted molar refractivity (Wildman–Crippen MR) is 103 cm³/mol. The molecule has 1 unspecified atom stereocenters. The first-order valence-electron chi connectivity index (χ1n) is 9.24. The number of hydrogen-bond acceptors (Lipinski definition) is 3. The number of halogens is 1. The first-order valence-corrected chi connectivity index (χ1v) is 9.62. The minimum atomic E-state index is -0.0767. The van der Waals surface area contributed by atoms with Crippen molar-refractivity contribution in [1.29, 1.82) is 0 Å². The normalized spacial score (nSPS) is 19.7. The Labute approximate surface area is 159 Å². The van der Waals surface area contributed by atoms with Crippen LogP contribution in [0, 0.1) is 0 Å². The van der Waals surface area contributed by atoms with Crippen molar-refractivity contribution in [2.45, 2.75) is 31.8 Å². The van der Waals surface area contributed by atoms with Gasteiger partial charge in [0.25, 0.3) is 5.91 Å². The van der Waals surface area contributed by atoms with Gasteiger partial charge in [-0.1, -0.05) is 35.9 Å². The molecule has 0 aliphatic carbocycles. The van der Waals surface area contributed by atoms with E-state index in [0.29, 0.717) is 22.9 Å². The molecule has 0 bridgehead atoms. The van der Waals surface area contributed by atoms with E-state index in [2.05, 4.69) is 16.3 Å². The van der Waals surface area contributed by atoms with Gasteiger partial charge in [0, 0.05) is 24.1 Å². The number of hydrogen-bond donors (Lipinski definition) is 1. The van der Waals surface area contributed by atoms with E-state index in [1.54, 1.807) is 0 Å². The van der Waals surface area contributed by atoms with Crippen molar-refractivity contribution >= 4 is 17.5 Å². The summed E-state index contributed by atoms with van der Waals surface area (Å²) in [7, 11) is 0. The lowest BCUT2D eigenvalue weighted by molar-refractivity contribution is 0.0924. The first-order chi connectivity index (χ1) is 12.7. The molecule has 0 aromatic heterocycles. The minimum absolute atomic E-state index is 0.0499. The van der Waals surface area contributed by atoms with Crippen LogP contribution in [0.1, 0.15) is 46.8 Å². The molecular formula is C21H23ClN2O2. The van der Waals surface area contributed by atoms with Crippen LogP contribution in [-0.4, -0.2) is 30.5 Å². The SMILES string of the molecule is O=C(NC1CCOc2c(Cl)cccc21)c1cccc(CN2CCCC2)c1. The number of ether oxygens (including phenoxy) is 1. The largest absolute Gasteiger partial charge is 0.492 e. The zero-order valence-corrected chi connectivity index (χ0v) is 15.5. The molecule has 1 fully saturated rings. The van der Waals surface area contributed by atoms with Crippen LogP contribution >= 0.6 is 11.6 Å². The van der Waals surface area contributed by atoms with Gasteiger partial charge in [0.15, 0.2) is 0 Å². The smallest absolute Gasteiger partial charge is 0.251 e. The van der Waals surface area contributed by atoms with E-state index in [4.69, 9.17) is 16.3 Å². The highest BCUT2D eigenvalue weighted by Gasteiger charge is 2.25. The first kappa shape index (κ1) is 17.4. The number of para-hydroxylation sites is 1. The van der Waals surface area contributed by atoms with Gasteiger partial charge < -0.3 is 10.1 Å². The molecule has 2 aromatic rings. The predicted octanol–water partition coefficient (Wildman–Crippen LogP) is 4.19. The van der Waals surface area contributed by atoms with Crippen LogP contribution in [0.15, 0.2) is 42.5 Å². The third-order valence-corrected chi connectivity index (χ3v) is 5.42. The van der Waals surface area contributed by atoms with Gasteiger partial charge in [-0.15, -0.1) is 0 Å². The highest BCUT2D eigenvalue weighted by atomic mass is 35.5. The fourth-order valence-corrected chi connectivity index (χ4v) is 4.02. The Hall–Kier alpha value is -2.04. The van der Waals surface area contributed by atoms with Crippen molar-refractivity contribution < 1.29 is 9.53 Å². The number of carbonyl (C=O) groups excluding carboxylic acids is 1. The second kappa shape index (κ2) is 7.68. The van der Waals surface area contributed by atoms with Gasteiger partial charge in [0.2, 0.25) is 0 Å². The summed E-state index contributed by atoms with van der Waals surface area (Å²) < 4.78 is 5.68. The third kappa shape index (κ3) is 3.71. The maximum absolute atomic E-state index is 12.8. The molecule has 1 N–H and O–H groups in total. The molecule has 4 nitrogen and oxygen atoms in total. The number of carbonyl (C=O) groups is 1. The summed E-state index contributed by atoms with van der Waals surface area (Å²) in [5.74, 6) is 0.639. The van der Waals surface area contributed by atoms with E-state index in [-0.39, 0.29) is 11.9 Å². The zero-order valence-electron chi connectivity index (χ0n) is 14.7. The van der Waals surface area contributed by atoms with Gasteiger partial charge >= 0.3 is 0 Å². The highest BCUT2D eigenvalue weighted by Crippen LogP contribution is 2.37. The molecule has 1 saturated heterocycles. The summed E-state index contributed by atoms with van der Waals surface area (Å²) in [6.45, 7) is 3.76. The topological polar surface area (TPSA) is 41.6 Å². The molecule has 136 valence electrons. The molecule has 1 atom stereocenters. The molecule has 0 spiro atoms. The van der Waals surface area contributed by atoms with E-state index in [9.17, 15) is 4.79 Å². The van der Waals surface area contributed by atoms with Crippen LogP contribution < -0.4 is 10.1 Å². The monoisotopic (exact) mass is 370 g/mol. The molecule has 1 amide bonds. The third-order valence-electron chi connectivity index (χ3n) is 5.13. The summed E-state index contributed by atoms with van der Waals surface area (Å²) in [6.07, 6.45) is 3.28. The molecule has 2 heterocycles. The lowest BCUT2D eigenvalue weighted by Gasteiger charge is -2.27. The Morgan fingerprint density at radius 2 is 2.00 bits per heavy atom. The Bertz CT molecular complexity index is 802. The molecule has 5 heteroatoms. The van der Waals surface area contributed by atoms with Crippen LogP contribution in [0.5, 0.6) is 5.75 Å². The summed E-state index contributed by atoms with van der Waals surface area (Å²) in [5, 5.41) is 3.74. The van der Waals surface area contributed by atoms with Gasteiger partial charge in [-0.25, -0.2) is 0 Å². The number of nitrogens with zero attached hydrogens (tertiary/aromatic N) is 1. The summed E-state index contributed by atoms with van der Waals surface area (Å²) >= 11 is 6.22. The van der Waals surface area contributed by atoms with Crippen LogP contribution in [0.3, 0.4) is 0 Å². The maximum Gasteiger partial charge on any atom is 0.251 e. The van der Waals surface area contributed by atoms with Crippen molar-refractivity contribution in [3.05, 3.63) is 64.2 Å². The quantitative estimate of drug-likeness (QED) is 0.877. The number of nitrogens with one attached hydrogen (secondary N) is 1. The second-order valence-electron chi connectivity index (χ2n) is 7.01. The van der Waals surface area contributed by atoms with E-state index >= 15 is 0 Å². The molecule has 0 saturated carbocycles. The van der Waals surface area contributed by atoms with Gasteiger partial charge in [-0.2, -0.15) is 0 Å². The van der Waals surface area contributed by atoms with Crippen LogP contribution in [-0.2, 0) is 6.54 Å². The van der Waals surface area contributed by atoms with Crippen LogP contribution in [0.25, 0.3) is 0 Å². The van der Waals surface area contributed by atoms with Crippen molar-refractivity contribution in [3.8, 4) is 5.75 Å². The molecule has 4 rings (SSSR count). The van der Waals surface area contributed by atoms with Gasteiger partial charge in [-0.3, -0.25) is 9.69 Å². The Morgan fingerprint density at radius 3 is 2.85 bits per heavy atom. The molecule has 26 heavy (non-hydrogen) atoms. The van der Waals surface area contributed by atoms with Crippen LogP contribution in [0.2, 0.25) is 5.02 Å². The van der Waals surface area contributed by atoms with E-state index in [1.165, 1.54) is 18.4 Å².